The number of hydrogen-bond donors (Lipinski definition) is 3. The molecule has 2 rings (SSSR count). The van der Waals surface area contributed by atoms with Crippen LogP contribution in [0.5, 0.6) is 11.5 Å². The van der Waals surface area contributed by atoms with Gasteiger partial charge in [-0.15, -0.1) is 0 Å². The number of rotatable bonds is 2. The summed E-state index contributed by atoms with van der Waals surface area (Å²) in [6.45, 7) is 0. The summed E-state index contributed by atoms with van der Waals surface area (Å²) in [5, 5.41) is 19.5. The van der Waals surface area contributed by atoms with Gasteiger partial charge in [-0.2, -0.15) is 0 Å². The van der Waals surface area contributed by atoms with Crippen LogP contribution in [-0.2, 0) is 0 Å². The van der Waals surface area contributed by atoms with Crippen LogP contribution in [0.2, 0.25) is 0 Å². The predicted molar refractivity (Wildman–Crippen MR) is 66.5 cm³/mol. The Bertz CT molecular complexity index is 543. The second kappa shape index (κ2) is 4.21. The smallest absolute Gasteiger partial charge is 0.175 e. The number of aromatic hydroxyl groups is 2. The van der Waals surface area contributed by atoms with Gasteiger partial charge in [0.25, 0.3) is 0 Å². The molecule has 0 radical (unpaired) electrons. The van der Waals surface area contributed by atoms with E-state index in [1.165, 1.54) is 12.1 Å². The Labute approximate surface area is 98.8 Å². The van der Waals surface area contributed by atoms with Crippen molar-refractivity contribution in [2.24, 2.45) is 0 Å². The predicted octanol–water partition coefficient (Wildman–Crippen LogP) is 1.84. The fourth-order valence-electron chi connectivity index (χ4n) is 1.59. The number of pyridine rings is 1. The highest BCUT2D eigenvalue weighted by molar-refractivity contribution is 5.71. The normalized spacial score (nSPS) is 10.2. The molecule has 0 bridgehead atoms. The average molecular weight is 231 g/mol. The van der Waals surface area contributed by atoms with Gasteiger partial charge >= 0.3 is 0 Å². The summed E-state index contributed by atoms with van der Waals surface area (Å²) in [7, 11) is 1.70. The summed E-state index contributed by atoms with van der Waals surface area (Å²) in [5.74, 6) is 0.455. The number of nitrogens with two attached hydrogens (primary N) is 1. The summed E-state index contributed by atoms with van der Waals surface area (Å²) < 4.78 is 0. The van der Waals surface area contributed by atoms with Crippen molar-refractivity contribution in [2.45, 2.75) is 0 Å². The molecule has 0 spiro atoms. The third kappa shape index (κ3) is 2.08. The van der Waals surface area contributed by atoms with Crippen molar-refractivity contribution in [2.75, 3.05) is 17.7 Å². The number of hydrogen-bond acceptors (Lipinski definition) is 5. The van der Waals surface area contributed by atoms with Crippen molar-refractivity contribution in [3.05, 3.63) is 36.5 Å². The molecule has 0 atom stereocenters. The summed E-state index contributed by atoms with van der Waals surface area (Å²) >= 11 is 0. The fourth-order valence-corrected chi connectivity index (χ4v) is 1.59. The van der Waals surface area contributed by atoms with Crippen LogP contribution in [0.1, 0.15) is 0 Å². The molecule has 0 saturated heterocycles. The van der Waals surface area contributed by atoms with Gasteiger partial charge in [-0.25, -0.2) is 4.98 Å². The highest BCUT2D eigenvalue weighted by atomic mass is 16.3. The van der Waals surface area contributed by atoms with Crippen LogP contribution in [0, 0.1) is 0 Å². The van der Waals surface area contributed by atoms with Gasteiger partial charge in [0.2, 0.25) is 0 Å². The second-order valence-electron chi connectivity index (χ2n) is 3.65. The Morgan fingerprint density at radius 2 is 1.94 bits per heavy atom. The molecule has 1 aromatic carbocycles. The lowest BCUT2D eigenvalue weighted by Gasteiger charge is -2.20. The Morgan fingerprint density at radius 3 is 2.59 bits per heavy atom. The van der Waals surface area contributed by atoms with Crippen molar-refractivity contribution in [1.29, 1.82) is 0 Å². The first kappa shape index (κ1) is 11.1. The molecule has 0 aliphatic carbocycles. The number of phenols is 1. The van der Waals surface area contributed by atoms with Crippen LogP contribution in [0.4, 0.5) is 17.2 Å². The number of phenolic OH excluding ortho intramolecular Hbond substituents is 1. The van der Waals surface area contributed by atoms with Crippen molar-refractivity contribution in [1.82, 2.24) is 4.98 Å². The number of nitrogens with zero attached hydrogens (tertiary/aromatic N) is 2. The standard InChI is InChI=1S/C12H13N3O2/c1-15(12-10(16)3-2-6-14-12)9-5-4-8(13)7-11(9)17/h2-7,16-17H,13H2,1H3. The maximum atomic E-state index is 9.78. The lowest BCUT2D eigenvalue weighted by atomic mass is 10.2. The number of aromatic nitrogens is 1. The summed E-state index contributed by atoms with van der Waals surface area (Å²) in [5.41, 5.74) is 6.55. The van der Waals surface area contributed by atoms with Gasteiger partial charge in [0, 0.05) is 25.0 Å². The molecule has 0 amide bonds. The van der Waals surface area contributed by atoms with Gasteiger partial charge in [-0.3, -0.25) is 0 Å². The first-order chi connectivity index (χ1) is 8.09. The molecule has 88 valence electrons. The zero-order chi connectivity index (χ0) is 12.4. The van der Waals surface area contributed by atoms with E-state index >= 15 is 0 Å². The Kier molecular flexibility index (Phi) is 2.74. The van der Waals surface area contributed by atoms with Gasteiger partial charge in [-0.05, 0) is 24.3 Å². The lowest BCUT2D eigenvalue weighted by Crippen LogP contribution is -2.11. The first-order valence-electron chi connectivity index (χ1n) is 5.06. The van der Waals surface area contributed by atoms with Crippen molar-refractivity contribution in [3.8, 4) is 11.5 Å². The lowest BCUT2D eigenvalue weighted by molar-refractivity contribution is 0.470. The van der Waals surface area contributed by atoms with E-state index in [0.29, 0.717) is 17.2 Å². The maximum absolute atomic E-state index is 9.78. The van der Waals surface area contributed by atoms with Crippen LogP contribution in [0.3, 0.4) is 0 Å². The molecule has 4 N–H and O–H groups in total. The van der Waals surface area contributed by atoms with Crippen LogP contribution < -0.4 is 10.6 Å². The summed E-state index contributed by atoms with van der Waals surface area (Å²) in [6, 6.07) is 7.96. The Morgan fingerprint density at radius 1 is 1.18 bits per heavy atom. The SMILES string of the molecule is CN(c1ccc(N)cc1O)c1ncccc1O. The Hall–Kier alpha value is -2.43. The van der Waals surface area contributed by atoms with Crippen LogP contribution in [0.15, 0.2) is 36.5 Å². The highest BCUT2D eigenvalue weighted by Crippen LogP contribution is 2.35. The number of benzene rings is 1. The zero-order valence-corrected chi connectivity index (χ0v) is 9.33. The molecular formula is C12H13N3O2. The van der Waals surface area contributed by atoms with Gasteiger partial charge in [0.05, 0.1) is 5.69 Å². The average Bonchev–Trinajstić information content (AvgIpc) is 2.29. The maximum Gasteiger partial charge on any atom is 0.175 e. The monoisotopic (exact) mass is 231 g/mol. The number of anilines is 3. The molecule has 0 fully saturated rings. The molecule has 17 heavy (non-hydrogen) atoms. The fraction of sp³-hybridized carbons (Fsp3) is 0.0833. The van der Waals surface area contributed by atoms with Gasteiger partial charge < -0.3 is 20.8 Å². The van der Waals surface area contributed by atoms with E-state index in [2.05, 4.69) is 4.98 Å². The van der Waals surface area contributed by atoms with Crippen molar-refractivity contribution < 1.29 is 10.2 Å². The number of nitrogen functional groups attached to an aromatic ring is 1. The van der Waals surface area contributed by atoms with Crippen molar-refractivity contribution in [3.63, 3.8) is 0 Å². The Balaban J connectivity index is 2.44. The van der Waals surface area contributed by atoms with E-state index < -0.39 is 0 Å². The highest BCUT2D eigenvalue weighted by Gasteiger charge is 2.13. The van der Waals surface area contributed by atoms with Crippen molar-refractivity contribution >= 4 is 17.2 Å². The topological polar surface area (TPSA) is 82.6 Å². The van der Waals surface area contributed by atoms with Crippen LogP contribution >= 0.6 is 0 Å². The van der Waals surface area contributed by atoms with E-state index in [1.807, 2.05) is 0 Å². The van der Waals surface area contributed by atoms with Gasteiger partial charge in [0.1, 0.15) is 5.75 Å². The molecule has 0 saturated carbocycles. The zero-order valence-electron chi connectivity index (χ0n) is 9.33. The molecule has 0 unspecified atom stereocenters. The van der Waals surface area contributed by atoms with E-state index in [9.17, 15) is 10.2 Å². The van der Waals surface area contributed by atoms with Crippen LogP contribution in [-0.4, -0.2) is 22.2 Å². The van der Waals surface area contributed by atoms with E-state index in [1.54, 1.807) is 36.3 Å². The van der Waals surface area contributed by atoms with E-state index in [0.717, 1.165) is 0 Å². The van der Waals surface area contributed by atoms with E-state index in [-0.39, 0.29) is 11.5 Å². The third-order valence-corrected chi connectivity index (χ3v) is 2.44. The van der Waals surface area contributed by atoms with Crippen LogP contribution in [0.25, 0.3) is 0 Å². The molecule has 1 aromatic heterocycles. The molecule has 2 aromatic rings. The largest absolute Gasteiger partial charge is 0.506 e. The third-order valence-electron chi connectivity index (χ3n) is 2.44. The van der Waals surface area contributed by atoms with Gasteiger partial charge in [0.15, 0.2) is 11.6 Å². The first-order valence-corrected chi connectivity index (χ1v) is 5.06. The summed E-state index contributed by atoms with van der Waals surface area (Å²) in [4.78, 5) is 5.64. The molecule has 5 nitrogen and oxygen atoms in total. The molecule has 0 aliphatic rings. The minimum Gasteiger partial charge on any atom is -0.506 e. The minimum atomic E-state index is 0.0394. The van der Waals surface area contributed by atoms with Gasteiger partial charge in [-0.1, -0.05) is 0 Å². The van der Waals surface area contributed by atoms with E-state index in [4.69, 9.17) is 5.73 Å². The molecule has 0 aliphatic heterocycles. The molecule has 5 heteroatoms. The minimum absolute atomic E-state index is 0.0394. The quantitative estimate of drug-likeness (QED) is 0.687. The molecular weight excluding hydrogens is 218 g/mol. The second-order valence-corrected chi connectivity index (χ2v) is 3.65. The summed E-state index contributed by atoms with van der Waals surface area (Å²) in [6.07, 6.45) is 1.57. The molecule has 1 heterocycles.